The predicted molar refractivity (Wildman–Crippen MR) is 72.5 cm³/mol. The lowest BCUT2D eigenvalue weighted by atomic mass is 10.0. The van der Waals surface area contributed by atoms with Crippen molar-refractivity contribution in [1.82, 2.24) is 10.2 Å². The summed E-state index contributed by atoms with van der Waals surface area (Å²) in [5.41, 5.74) is 0.871. The number of benzene rings is 1. The van der Waals surface area contributed by atoms with Crippen LogP contribution in [-0.4, -0.2) is 36.2 Å². The summed E-state index contributed by atoms with van der Waals surface area (Å²) in [6.45, 7) is 4.21. The number of ether oxygens (including phenoxy) is 1. The van der Waals surface area contributed by atoms with Gasteiger partial charge in [-0.15, -0.1) is 0 Å². The Balaban J connectivity index is 1.69. The summed E-state index contributed by atoms with van der Waals surface area (Å²) in [5.74, 6) is 0.155. The molecule has 102 valence electrons. The average molecular weight is 260 g/mol. The quantitative estimate of drug-likeness (QED) is 0.899. The highest BCUT2D eigenvalue weighted by Gasteiger charge is 2.38. The third-order valence-corrected chi connectivity index (χ3v) is 4.00. The Morgan fingerprint density at radius 2 is 2.21 bits per heavy atom. The van der Waals surface area contributed by atoms with Gasteiger partial charge in [0.1, 0.15) is 6.04 Å². The van der Waals surface area contributed by atoms with E-state index < -0.39 is 0 Å². The number of nitrogens with zero attached hydrogens (tertiary/aromatic N) is 1. The minimum Gasteiger partial charge on any atom is -0.373 e. The van der Waals surface area contributed by atoms with Crippen LogP contribution in [0.1, 0.15) is 31.4 Å². The van der Waals surface area contributed by atoms with Crippen molar-refractivity contribution in [2.45, 2.75) is 31.4 Å². The number of carbonyl (C=O) groups excluding carboxylic acids is 1. The summed E-state index contributed by atoms with van der Waals surface area (Å²) in [4.78, 5) is 14.3. The van der Waals surface area contributed by atoms with Gasteiger partial charge >= 0.3 is 0 Å². The molecule has 2 unspecified atom stereocenters. The monoisotopic (exact) mass is 260 g/mol. The van der Waals surface area contributed by atoms with Gasteiger partial charge < -0.3 is 9.64 Å². The molecule has 2 aliphatic rings. The van der Waals surface area contributed by atoms with Gasteiger partial charge in [-0.25, -0.2) is 0 Å². The third-order valence-electron chi connectivity index (χ3n) is 4.00. The minimum atomic E-state index is -0.203. The molecule has 4 heteroatoms. The van der Waals surface area contributed by atoms with Gasteiger partial charge in [-0.05, 0) is 25.3 Å². The molecule has 1 N–H and O–H groups in total. The molecule has 0 saturated carbocycles. The zero-order valence-corrected chi connectivity index (χ0v) is 11.3. The molecule has 0 aromatic heterocycles. The zero-order chi connectivity index (χ0) is 13.3. The number of amides is 1. The van der Waals surface area contributed by atoms with E-state index in [1.807, 2.05) is 35.2 Å². The second-order valence-electron chi connectivity index (χ2n) is 5.64. The number of carbonyl (C=O) groups is 1. The molecule has 0 radical (unpaired) electrons. The molecule has 2 saturated heterocycles. The first-order valence-corrected chi connectivity index (χ1v) is 6.89. The molecule has 0 spiro atoms. The SMILES string of the molecule is CC1(CN2CNC(c3ccccc3)C2=O)CCCO1. The summed E-state index contributed by atoms with van der Waals surface area (Å²) >= 11 is 0. The van der Waals surface area contributed by atoms with Gasteiger partial charge in [0.25, 0.3) is 0 Å². The lowest BCUT2D eigenvalue weighted by molar-refractivity contribution is -0.132. The van der Waals surface area contributed by atoms with Gasteiger partial charge in [-0.3, -0.25) is 10.1 Å². The molecule has 2 fully saturated rings. The Morgan fingerprint density at radius 3 is 2.89 bits per heavy atom. The highest BCUT2D eigenvalue weighted by Crippen LogP contribution is 2.28. The van der Waals surface area contributed by atoms with Crippen LogP contribution in [0.15, 0.2) is 30.3 Å². The van der Waals surface area contributed by atoms with Crippen molar-refractivity contribution < 1.29 is 9.53 Å². The normalized spacial score (nSPS) is 31.1. The van der Waals surface area contributed by atoms with Crippen molar-refractivity contribution in [2.75, 3.05) is 19.8 Å². The van der Waals surface area contributed by atoms with E-state index in [0.29, 0.717) is 13.2 Å². The third kappa shape index (κ3) is 2.51. The first-order valence-electron chi connectivity index (χ1n) is 6.89. The molecule has 1 aromatic carbocycles. The van der Waals surface area contributed by atoms with Gasteiger partial charge in [-0.1, -0.05) is 30.3 Å². The van der Waals surface area contributed by atoms with Crippen LogP contribution < -0.4 is 5.32 Å². The van der Waals surface area contributed by atoms with Crippen molar-refractivity contribution in [1.29, 1.82) is 0 Å². The molecule has 2 atom stereocenters. The van der Waals surface area contributed by atoms with Crippen LogP contribution in [0.25, 0.3) is 0 Å². The van der Waals surface area contributed by atoms with Crippen molar-refractivity contribution >= 4 is 5.91 Å². The largest absolute Gasteiger partial charge is 0.373 e. The van der Waals surface area contributed by atoms with Crippen molar-refractivity contribution in [2.24, 2.45) is 0 Å². The standard InChI is InChI=1S/C15H20N2O2/c1-15(8-5-9-19-15)10-17-11-16-13(14(17)18)12-6-3-2-4-7-12/h2-4,6-7,13,16H,5,8-11H2,1H3. The second kappa shape index (κ2) is 4.94. The molecule has 0 bridgehead atoms. The lowest BCUT2D eigenvalue weighted by Crippen LogP contribution is -2.41. The number of hydrogen-bond acceptors (Lipinski definition) is 3. The predicted octanol–water partition coefficient (Wildman–Crippen LogP) is 1.69. The van der Waals surface area contributed by atoms with Crippen LogP contribution in [0.5, 0.6) is 0 Å². The van der Waals surface area contributed by atoms with E-state index in [0.717, 1.165) is 25.0 Å². The van der Waals surface area contributed by atoms with Gasteiger partial charge in [0.05, 0.1) is 18.8 Å². The van der Waals surface area contributed by atoms with Crippen molar-refractivity contribution in [3.8, 4) is 0 Å². The van der Waals surface area contributed by atoms with Gasteiger partial charge in [0, 0.05) is 6.61 Å². The number of hydrogen-bond donors (Lipinski definition) is 1. The maximum atomic E-state index is 12.4. The van der Waals surface area contributed by atoms with E-state index in [-0.39, 0.29) is 17.6 Å². The Labute approximate surface area is 113 Å². The van der Waals surface area contributed by atoms with E-state index in [2.05, 4.69) is 12.2 Å². The minimum absolute atomic E-state index is 0.155. The molecular weight excluding hydrogens is 240 g/mol. The Bertz CT molecular complexity index is 454. The van der Waals surface area contributed by atoms with Gasteiger partial charge in [-0.2, -0.15) is 0 Å². The second-order valence-corrected chi connectivity index (χ2v) is 5.64. The Kier molecular flexibility index (Phi) is 3.29. The maximum Gasteiger partial charge on any atom is 0.245 e. The van der Waals surface area contributed by atoms with Crippen LogP contribution in [0.2, 0.25) is 0 Å². The number of rotatable bonds is 3. The average Bonchev–Trinajstić information content (AvgIpc) is 2.99. The van der Waals surface area contributed by atoms with Crippen LogP contribution in [0.3, 0.4) is 0 Å². The van der Waals surface area contributed by atoms with Crippen molar-refractivity contribution in [3.05, 3.63) is 35.9 Å². The van der Waals surface area contributed by atoms with E-state index >= 15 is 0 Å². The van der Waals surface area contributed by atoms with E-state index in [1.165, 1.54) is 0 Å². The molecule has 4 nitrogen and oxygen atoms in total. The summed E-state index contributed by atoms with van der Waals surface area (Å²) in [5, 5.41) is 3.28. The zero-order valence-electron chi connectivity index (χ0n) is 11.3. The summed E-state index contributed by atoms with van der Waals surface area (Å²) in [6, 6.07) is 9.68. The topological polar surface area (TPSA) is 41.6 Å². The molecule has 19 heavy (non-hydrogen) atoms. The lowest BCUT2D eigenvalue weighted by Gasteiger charge is -2.28. The summed E-state index contributed by atoms with van der Waals surface area (Å²) < 4.78 is 5.77. The molecular formula is C15H20N2O2. The Morgan fingerprint density at radius 1 is 1.42 bits per heavy atom. The fourth-order valence-corrected chi connectivity index (χ4v) is 2.95. The first kappa shape index (κ1) is 12.6. The smallest absolute Gasteiger partial charge is 0.245 e. The molecule has 2 heterocycles. The number of nitrogens with one attached hydrogen (secondary N) is 1. The van der Waals surface area contributed by atoms with E-state index in [9.17, 15) is 4.79 Å². The van der Waals surface area contributed by atoms with E-state index in [4.69, 9.17) is 4.74 Å². The van der Waals surface area contributed by atoms with E-state index in [1.54, 1.807) is 0 Å². The highest BCUT2D eigenvalue weighted by molar-refractivity contribution is 5.85. The van der Waals surface area contributed by atoms with Crippen LogP contribution in [-0.2, 0) is 9.53 Å². The fraction of sp³-hybridized carbons (Fsp3) is 0.533. The summed E-state index contributed by atoms with van der Waals surface area (Å²) in [6.07, 6.45) is 2.13. The van der Waals surface area contributed by atoms with Crippen LogP contribution in [0, 0.1) is 0 Å². The van der Waals surface area contributed by atoms with Crippen molar-refractivity contribution in [3.63, 3.8) is 0 Å². The molecule has 3 rings (SSSR count). The van der Waals surface area contributed by atoms with Crippen LogP contribution in [0.4, 0.5) is 0 Å². The molecule has 1 aromatic rings. The fourth-order valence-electron chi connectivity index (χ4n) is 2.95. The summed E-state index contributed by atoms with van der Waals surface area (Å²) in [7, 11) is 0. The highest BCUT2D eigenvalue weighted by atomic mass is 16.5. The van der Waals surface area contributed by atoms with Gasteiger partial charge in [0.15, 0.2) is 0 Å². The maximum absolute atomic E-state index is 12.4. The van der Waals surface area contributed by atoms with Crippen LogP contribution >= 0.6 is 0 Å². The molecule has 2 aliphatic heterocycles. The Hall–Kier alpha value is -1.39. The molecule has 1 amide bonds. The molecule has 0 aliphatic carbocycles. The van der Waals surface area contributed by atoms with Gasteiger partial charge in [0.2, 0.25) is 5.91 Å². The first-order chi connectivity index (χ1) is 9.18.